The second-order valence-corrected chi connectivity index (χ2v) is 6.73. The van der Waals surface area contributed by atoms with Gasteiger partial charge in [0.1, 0.15) is 0 Å². The van der Waals surface area contributed by atoms with E-state index >= 15 is 0 Å². The zero-order valence-electron chi connectivity index (χ0n) is 15.5. The number of hydrogen-bond donors (Lipinski definition) is 1. The summed E-state index contributed by atoms with van der Waals surface area (Å²) in [5, 5.41) is 0.863. The minimum absolute atomic E-state index is 0.163. The van der Waals surface area contributed by atoms with Gasteiger partial charge in [-0.15, -0.1) is 0 Å². The van der Waals surface area contributed by atoms with E-state index in [1.54, 1.807) is 6.08 Å². The largest absolute Gasteiger partial charge is 0.321 e. The maximum Gasteiger partial charge on any atom is 0.260 e. The standard InChI is InChI=1S/C25H19NO2/c1-17-12-14-21-20(16-17)23(19-10-6-3-7-11-19)24(25(28)26-21)22(27)15-13-18-8-4-2-5-9-18/h2-16H,1H3,(H,26,28)/b15-13-. The van der Waals surface area contributed by atoms with Crippen molar-refractivity contribution in [1.82, 2.24) is 4.98 Å². The summed E-state index contributed by atoms with van der Waals surface area (Å²) in [4.78, 5) is 28.8. The Balaban J connectivity index is 1.95. The van der Waals surface area contributed by atoms with Crippen LogP contribution in [0.1, 0.15) is 21.5 Å². The molecule has 0 radical (unpaired) electrons. The number of fused-ring (bicyclic) bond motifs is 1. The summed E-state index contributed by atoms with van der Waals surface area (Å²) >= 11 is 0. The van der Waals surface area contributed by atoms with E-state index < -0.39 is 0 Å². The van der Waals surface area contributed by atoms with E-state index in [1.165, 1.54) is 6.08 Å². The fraction of sp³-hybridized carbons (Fsp3) is 0.0400. The summed E-state index contributed by atoms with van der Waals surface area (Å²) < 4.78 is 0. The van der Waals surface area contributed by atoms with Gasteiger partial charge >= 0.3 is 0 Å². The van der Waals surface area contributed by atoms with Crippen molar-refractivity contribution in [3.05, 3.63) is 112 Å². The van der Waals surface area contributed by atoms with Crippen LogP contribution in [0.3, 0.4) is 0 Å². The molecular formula is C25H19NO2. The summed E-state index contributed by atoms with van der Waals surface area (Å²) in [5.41, 5.74) is 4.00. The summed E-state index contributed by atoms with van der Waals surface area (Å²) in [5.74, 6) is -0.313. The third-order valence-corrected chi connectivity index (χ3v) is 4.71. The second kappa shape index (κ2) is 7.49. The maximum absolute atomic E-state index is 13.1. The molecule has 0 saturated carbocycles. The summed E-state index contributed by atoms with van der Waals surface area (Å²) in [6.45, 7) is 2.00. The first kappa shape index (κ1) is 17.7. The fourth-order valence-corrected chi connectivity index (χ4v) is 3.37. The van der Waals surface area contributed by atoms with Crippen molar-refractivity contribution in [1.29, 1.82) is 0 Å². The molecule has 0 aliphatic heterocycles. The number of aromatic amines is 1. The van der Waals surface area contributed by atoms with Gasteiger partial charge in [0.2, 0.25) is 0 Å². The van der Waals surface area contributed by atoms with Gasteiger partial charge in [-0.05, 0) is 36.3 Å². The molecule has 1 heterocycles. The van der Waals surface area contributed by atoms with Gasteiger partial charge in [-0.2, -0.15) is 0 Å². The maximum atomic E-state index is 13.1. The van der Waals surface area contributed by atoms with Crippen LogP contribution in [0.2, 0.25) is 0 Å². The molecule has 0 fully saturated rings. The molecule has 4 rings (SSSR count). The monoisotopic (exact) mass is 365 g/mol. The molecule has 0 aliphatic carbocycles. The minimum atomic E-state index is -0.377. The molecule has 0 amide bonds. The molecule has 3 heteroatoms. The predicted octanol–water partition coefficient (Wildman–Crippen LogP) is 5.40. The zero-order valence-corrected chi connectivity index (χ0v) is 15.5. The number of benzene rings is 3. The molecule has 0 spiro atoms. The Kier molecular flexibility index (Phi) is 4.73. The van der Waals surface area contributed by atoms with Gasteiger partial charge in [-0.25, -0.2) is 0 Å². The Hall–Kier alpha value is -3.72. The summed E-state index contributed by atoms with van der Waals surface area (Å²) in [7, 11) is 0. The van der Waals surface area contributed by atoms with Gasteiger partial charge in [0.25, 0.3) is 5.56 Å². The van der Waals surface area contributed by atoms with Gasteiger partial charge in [0.15, 0.2) is 5.78 Å². The van der Waals surface area contributed by atoms with Crippen molar-refractivity contribution in [2.45, 2.75) is 6.92 Å². The average molecular weight is 365 g/mol. The van der Waals surface area contributed by atoms with Crippen molar-refractivity contribution in [2.24, 2.45) is 0 Å². The van der Waals surface area contributed by atoms with E-state index in [9.17, 15) is 9.59 Å². The van der Waals surface area contributed by atoms with E-state index in [0.717, 1.165) is 27.6 Å². The highest BCUT2D eigenvalue weighted by atomic mass is 16.1. The molecule has 0 bridgehead atoms. The zero-order chi connectivity index (χ0) is 19.5. The number of nitrogens with one attached hydrogen (secondary N) is 1. The number of hydrogen-bond acceptors (Lipinski definition) is 2. The summed E-state index contributed by atoms with van der Waals surface area (Å²) in [6, 6.07) is 25.0. The Morgan fingerprint density at radius 1 is 0.893 bits per heavy atom. The molecule has 1 N–H and O–H groups in total. The van der Waals surface area contributed by atoms with Crippen molar-refractivity contribution in [3.63, 3.8) is 0 Å². The van der Waals surface area contributed by atoms with Gasteiger partial charge < -0.3 is 4.98 Å². The highest BCUT2D eigenvalue weighted by Gasteiger charge is 2.19. The molecule has 0 atom stereocenters. The molecule has 3 nitrogen and oxygen atoms in total. The third kappa shape index (κ3) is 3.42. The van der Waals surface area contributed by atoms with Crippen LogP contribution in [-0.4, -0.2) is 10.8 Å². The predicted molar refractivity (Wildman–Crippen MR) is 115 cm³/mol. The first-order valence-electron chi connectivity index (χ1n) is 9.13. The second-order valence-electron chi connectivity index (χ2n) is 6.73. The number of allylic oxidation sites excluding steroid dienone is 1. The first-order valence-corrected chi connectivity index (χ1v) is 9.13. The molecule has 28 heavy (non-hydrogen) atoms. The molecule has 1 aromatic heterocycles. The number of ketones is 1. The SMILES string of the molecule is Cc1ccc2[nH]c(=O)c(C(=O)/C=C\c3ccccc3)c(-c3ccccc3)c2c1. The van der Waals surface area contributed by atoms with E-state index in [1.807, 2.05) is 85.8 Å². The lowest BCUT2D eigenvalue weighted by molar-refractivity contribution is 0.104. The van der Waals surface area contributed by atoms with Crippen molar-refractivity contribution < 1.29 is 4.79 Å². The van der Waals surface area contributed by atoms with Gasteiger partial charge in [0.05, 0.1) is 5.56 Å². The van der Waals surface area contributed by atoms with E-state index in [4.69, 9.17) is 0 Å². The molecule has 4 aromatic rings. The quantitative estimate of drug-likeness (QED) is 0.389. The lowest BCUT2D eigenvalue weighted by Gasteiger charge is -2.12. The van der Waals surface area contributed by atoms with Crippen LogP contribution < -0.4 is 5.56 Å². The van der Waals surface area contributed by atoms with Crippen molar-refractivity contribution in [3.8, 4) is 11.1 Å². The van der Waals surface area contributed by atoms with Crippen molar-refractivity contribution >= 4 is 22.8 Å². The highest BCUT2D eigenvalue weighted by Crippen LogP contribution is 2.30. The topological polar surface area (TPSA) is 49.9 Å². The van der Waals surface area contributed by atoms with Crippen LogP contribution in [0.15, 0.2) is 89.7 Å². The Bertz CT molecular complexity index is 1240. The average Bonchev–Trinajstić information content (AvgIpc) is 2.73. The lowest BCUT2D eigenvalue weighted by Crippen LogP contribution is -2.18. The van der Waals surface area contributed by atoms with Crippen LogP contribution in [0, 0.1) is 6.92 Å². The van der Waals surface area contributed by atoms with Gasteiger partial charge in [-0.3, -0.25) is 9.59 Å². The van der Waals surface area contributed by atoms with E-state index in [0.29, 0.717) is 5.56 Å². The molecule has 0 aliphatic rings. The first-order chi connectivity index (χ1) is 13.6. The van der Waals surface area contributed by atoms with Gasteiger partial charge in [0, 0.05) is 16.5 Å². The molecule has 0 unspecified atom stereocenters. The van der Waals surface area contributed by atoms with E-state index in [-0.39, 0.29) is 16.9 Å². The number of aryl methyl sites for hydroxylation is 1. The van der Waals surface area contributed by atoms with Crippen LogP contribution in [-0.2, 0) is 0 Å². The highest BCUT2D eigenvalue weighted by molar-refractivity contribution is 6.15. The Morgan fingerprint density at radius 3 is 2.29 bits per heavy atom. The van der Waals surface area contributed by atoms with E-state index in [2.05, 4.69) is 4.98 Å². The lowest BCUT2D eigenvalue weighted by atomic mass is 9.93. The smallest absolute Gasteiger partial charge is 0.260 e. The Morgan fingerprint density at radius 2 is 1.57 bits per heavy atom. The molecule has 136 valence electrons. The van der Waals surface area contributed by atoms with Gasteiger partial charge in [-0.1, -0.05) is 78.4 Å². The van der Waals surface area contributed by atoms with Crippen LogP contribution >= 0.6 is 0 Å². The van der Waals surface area contributed by atoms with Crippen LogP contribution in [0.5, 0.6) is 0 Å². The number of carbonyl (C=O) groups is 1. The molecule has 3 aromatic carbocycles. The fourth-order valence-electron chi connectivity index (χ4n) is 3.37. The number of carbonyl (C=O) groups excluding carboxylic acids is 1. The normalized spacial score (nSPS) is 11.2. The Labute approximate surface area is 163 Å². The molecule has 0 saturated heterocycles. The van der Waals surface area contributed by atoms with Crippen molar-refractivity contribution in [2.75, 3.05) is 0 Å². The van der Waals surface area contributed by atoms with Crippen LogP contribution in [0.25, 0.3) is 28.1 Å². The van der Waals surface area contributed by atoms with Crippen LogP contribution in [0.4, 0.5) is 0 Å². The number of aromatic nitrogens is 1. The number of rotatable bonds is 4. The molecular weight excluding hydrogens is 346 g/mol. The minimum Gasteiger partial charge on any atom is -0.321 e. The number of H-pyrrole nitrogens is 1. The number of pyridine rings is 1. The third-order valence-electron chi connectivity index (χ3n) is 4.71. The summed E-state index contributed by atoms with van der Waals surface area (Å²) in [6.07, 6.45) is 3.20.